The summed E-state index contributed by atoms with van der Waals surface area (Å²) < 4.78 is 5.23. The van der Waals surface area contributed by atoms with Crippen molar-refractivity contribution in [2.24, 2.45) is 22.7 Å². The zero-order valence-corrected chi connectivity index (χ0v) is 14.8. The van der Waals surface area contributed by atoms with Gasteiger partial charge >= 0.3 is 5.97 Å². The lowest BCUT2D eigenvalue weighted by Gasteiger charge is -2.66. The van der Waals surface area contributed by atoms with E-state index in [1.807, 2.05) is 37.3 Å². The number of aliphatic imine (C=N–C) groups is 1. The van der Waals surface area contributed by atoms with Gasteiger partial charge in [0, 0.05) is 12.5 Å². The number of allylic oxidation sites excluding steroid dienone is 1. The van der Waals surface area contributed by atoms with Gasteiger partial charge in [0.15, 0.2) is 0 Å². The van der Waals surface area contributed by atoms with Crippen LogP contribution < -0.4 is 0 Å². The molecule has 1 spiro atoms. The lowest BCUT2D eigenvalue weighted by molar-refractivity contribution is -0.214. The van der Waals surface area contributed by atoms with Crippen molar-refractivity contribution in [3.8, 4) is 0 Å². The van der Waals surface area contributed by atoms with Crippen molar-refractivity contribution in [1.29, 1.82) is 0 Å². The summed E-state index contributed by atoms with van der Waals surface area (Å²) in [6.07, 6.45) is 2.63. The van der Waals surface area contributed by atoms with E-state index in [1.165, 1.54) is 12.2 Å². The highest BCUT2D eigenvalue weighted by Gasteiger charge is 2.73. The maximum atomic E-state index is 13.0. The van der Waals surface area contributed by atoms with Crippen LogP contribution >= 0.6 is 0 Å². The molecule has 136 valence electrons. The van der Waals surface area contributed by atoms with Gasteiger partial charge in [0.2, 0.25) is 0 Å². The molecule has 4 fully saturated rings. The number of methoxy groups -OCH3 is 1. The number of hydrogen-bond acceptors (Lipinski definition) is 6. The number of hydrogen-bond donors (Lipinski definition) is 2. The minimum atomic E-state index is -0.706. The molecule has 4 bridgehead atoms. The van der Waals surface area contributed by atoms with E-state index in [0.29, 0.717) is 6.42 Å². The number of esters is 1. The number of aliphatic hydroxyl groups is 1. The molecule has 2 saturated heterocycles. The highest BCUT2D eigenvalue weighted by Crippen LogP contribution is 2.66. The lowest BCUT2D eigenvalue weighted by atomic mass is 9.42. The summed E-state index contributed by atoms with van der Waals surface area (Å²) in [5.74, 6) is -1.06. The molecule has 2 saturated carbocycles. The van der Waals surface area contributed by atoms with E-state index < -0.39 is 11.3 Å². The summed E-state index contributed by atoms with van der Waals surface area (Å²) in [4.78, 5) is 17.8. The number of rotatable bonds is 2. The van der Waals surface area contributed by atoms with Crippen LogP contribution in [0.5, 0.6) is 0 Å². The van der Waals surface area contributed by atoms with Crippen LogP contribution in [0, 0.1) is 17.8 Å². The van der Waals surface area contributed by atoms with Gasteiger partial charge in [-0.15, -0.1) is 0 Å². The van der Waals surface area contributed by atoms with E-state index in [-0.39, 0.29) is 36.5 Å². The number of carbonyl (C=O) groups is 1. The van der Waals surface area contributed by atoms with Crippen LogP contribution in [0.1, 0.15) is 18.9 Å². The van der Waals surface area contributed by atoms with Gasteiger partial charge in [-0.25, -0.2) is 0 Å². The largest absolute Gasteiger partial charge is 0.469 e. The van der Waals surface area contributed by atoms with E-state index in [0.717, 1.165) is 22.5 Å². The van der Waals surface area contributed by atoms with Gasteiger partial charge in [0.05, 0.1) is 41.9 Å². The quantitative estimate of drug-likeness (QED) is 0.625. The third kappa shape index (κ3) is 1.55. The number of hydroxylamine groups is 2. The summed E-state index contributed by atoms with van der Waals surface area (Å²) in [6.45, 7) is 1.79. The normalized spacial score (nSPS) is 41.2. The molecule has 6 heteroatoms. The molecule has 0 amide bonds. The van der Waals surface area contributed by atoms with Gasteiger partial charge in [-0.05, 0) is 30.9 Å². The third-order valence-electron chi connectivity index (χ3n) is 7.03. The number of benzene rings is 1. The minimum absolute atomic E-state index is 0.0150. The topological polar surface area (TPSA) is 82.4 Å². The minimum Gasteiger partial charge on any atom is -0.469 e. The van der Waals surface area contributed by atoms with Gasteiger partial charge in [0.1, 0.15) is 0 Å². The van der Waals surface area contributed by atoms with E-state index >= 15 is 0 Å². The number of carbonyl (C=O) groups excluding carboxylic acids is 1. The molecule has 1 aromatic carbocycles. The SMILES string of the molecule is C/C=C1\[C@H]2C[C@H]3C4=Nc5ccccc5[C@@]4([C@@H]2C(=O)OC)[C@@H](CO)[C@H]1N3O. The first-order valence-corrected chi connectivity index (χ1v) is 9.11. The van der Waals surface area contributed by atoms with Crippen molar-refractivity contribution in [2.45, 2.75) is 30.8 Å². The molecule has 5 aliphatic rings. The highest BCUT2D eigenvalue weighted by molar-refractivity contribution is 6.10. The average molecular weight is 354 g/mol. The molecule has 26 heavy (non-hydrogen) atoms. The second-order valence-electron chi connectivity index (χ2n) is 7.64. The Morgan fingerprint density at radius 3 is 2.92 bits per heavy atom. The van der Waals surface area contributed by atoms with E-state index in [9.17, 15) is 15.1 Å². The van der Waals surface area contributed by atoms with Crippen molar-refractivity contribution in [2.75, 3.05) is 13.7 Å². The number of ether oxygens (including phenoxy) is 1. The molecule has 0 radical (unpaired) electrons. The molecule has 3 heterocycles. The van der Waals surface area contributed by atoms with E-state index in [1.54, 1.807) is 0 Å². The highest BCUT2D eigenvalue weighted by atomic mass is 16.5. The standard InChI is InChI=1S/C20H22N2O4/c1-3-10-11-8-15-18-20(16(11)19(24)26-2,13(9-23)17(10)22(15)25)12-6-4-5-7-14(12)21-18/h3-7,11,13,15-17,23,25H,8-9H2,1-2H3/b10-3+/t11-,13+,15+,16+,17+,20+/m1/s1. The van der Waals surface area contributed by atoms with E-state index in [2.05, 4.69) is 0 Å². The van der Waals surface area contributed by atoms with E-state index in [4.69, 9.17) is 9.73 Å². The van der Waals surface area contributed by atoms with Crippen molar-refractivity contribution in [3.05, 3.63) is 41.5 Å². The molecule has 6 rings (SSSR count). The maximum Gasteiger partial charge on any atom is 0.310 e. The summed E-state index contributed by atoms with van der Waals surface area (Å²) in [7, 11) is 1.42. The van der Waals surface area contributed by atoms with Crippen LogP contribution in [0.4, 0.5) is 5.69 Å². The summed E-state index contributed by atoms with van der Waals surface area (Å²) in [5.41, 5.74) is 2.93. The molecular weight excluding hydrogens is 332 g/mol. The van der Waals surface area contributed by atoms with Crippen molar-refractivity contribution in [1.82, 2.24) is 5.06 Å². The second-order valence-corrected chi connectivity index (χ2v) is 7.64. The predicted molar refractivity (Wildman–Crippen MR) is 94.4 cm³/mol. The molecule has 6 nitrogen and oxygen atoms in total. The zero-order chi connectivity index (χ0) is 18.2. The molecule has 6 atom stereocenters. The van der Waals surface area contributed by atoms with Gasteiger partial charge < -0.3 is 15.1 Å². The first kappa shape index (κ1) is 16.2. The molecule has 0 unspecified atom stereocenters. The summed E-state index contributed by atoms with van der Waals surface area (Å²) in [6, 6.07) is 7.29. The average Bonchev–Trinajstić information content (AvgIpc) is 3.00. The van der Waals surface area contributed by atoms with Crippen molar-refractivity contribution >= 4 is 17.4 Å². The number of nitrogens with zero attached hydrogens (tertiary/aromatic N) is 2. The van der Waals surface area contributed by atoms with Crippen LogP contribution in [-0.2, 0) is 14.9 Å². The van der Waals surface area contributed by atoms with Crippen LogP contribution in [0.15, 0.2) is 40.9 Å². The maximum absolute atomic E-state index is 13.0. The molecule has 3 aliphatic heterocycles. The van der Waals surface area contributed by atoms with Gasteiger partial charge in [0.25, 0.3) is 0 Å². The third-order valence-corrected chi connectivity index (χ3v) is 7.03. The fraction of sp³-hybridized carbons (Fsp3) is 0.500. The van der Waals surface area contributed by atoms with Crippen LogP contribution in [-0.4, -0.2) is 52.9 Å². The van der Waals surface area contributed by atoms with Gasteiger partial charge in [-0.3, -0.25) is 9.79 Å². The fourth-order valence-electron chi connectivity index (χ4n) is 6.28. The molecule has 0 aromatic heterocycles. The molecular formula is C20H22N2O4. The number of aliphatic hydroxyl groups excluding tert-OH is 1. The van der Waals surface area contributed by atoms with Crippen LogP contribution in [0.25, 0.3) is 0 Å². The number of fused-ring (bicyclic) bond motifs is 1. The Kier molecular flexibility index (Phi) is 3.27. The van der Waals surface area contributed by atoms with Crippen molar-refractivity contribution in [3.63, 3.8) is 0 Å². The number of piperidine rings is 2. The first-order valence-electron chi connectivity index (χ1n) is 9.11. The monoisotopic (exact) mass is 354 g/mol. The summed E-state index contributed by atoms with van der Waals surface area (Å²) >= 11 is 0. The Bertz CT molecular complexity index is 863. The Morgan fingerprint density at radius 2 is 2.23 bits per heavy atom. The zero-order valence-electron chi connectivity index (χ0n) is 14.8. The molecule has 2 aliphatic carbocycles. The number of para-hydroxylation sites is 1. The Labute approximate surface area is 151 Å². The lowest BCUT2D eigenvalue weighted by Crippen LogP contribution is -2.77. The Hall–Kier alpha value is -2.02. The van der Waals surface area contributed by atoms with Gasteiger partial charge in [-0.1, -0.05) is 29.8 Å². The Morgan fingerprint density at radius 1 is 1.46 bits per heavy atom. The predicted octanol–water partition coefficient (Wildman–Crippen LogP) is 1.83. The molecule has 2 N–H and O–H groups in total. The summed E-state index contributed by atoms with van der Waals surface area (Å²) in [5, 5.41) is 22.7. The second kappa shape index (κ2) is 5.25. The van der Waals surface area contributed by atoms with Gasteiger partial charge in [-0.2, -0.15) is 5.06 Å². The first-order chi connectivity index (χ1) is 12.6. The smallest absolute Gasteiger partial charge is 0.310 e. The van der Waals surface area contributed by atoms with Crippen molar-refractivity contribution < 1.29 is 19.8 Å². The van der Waals surface area contributed by atoms with Crippen LogP contribution in [0.3, 0.4) is 0 Å². The fourth-order valence-corrected chi connectivity index (χ4v) is 6.28. The Balaban J connectivity index is 1.85. The molecule has 1 aromatic rings. The van der Waals surface area contributed by atoms with Crippen LogP contribution in [0.2, 0.25) is 0 Å².